The van der Waals surface area contributed by atoms with Crippen LogP contribution in [0.25, 0.3) is 0 Å². The SMILES string of the molecule is COC(=O)N[C@@H](CCCCNC(=O)OC(C)(C)C)c1nc(CC23CC4CC(CC(C4)C2)C3)no1. The average Bonchev–Trinajstić information content (AvgIpc) is 3.17. The molecule has 9 nitrogen and oxygen atoms in total. The molecular weight excluding hydrogens is 436 g/mol. The number of methoxy groups -OCH3 is 1. The number of rotatable bonds is 9. The molecule has 4 aliphatic carbocycles. The summed E-state index contributed by atoms with van der Waals surface area (Å²) in [5.74, 6) is 3.80. The lowest BCUT2D eigenvalue weighted by Crippen LogP contribution is -2.47. The molecule has 4 aliphatic rings. The Bertz CT molecular complexity index is 826. The van der Waals surface area contributed by atoms with Gasteiger partial charge >= 0.3 is 12.2 Å². The smallest absolute Gasteiger partial charge is 0.407 e. The predicted octanol–water partition coefficient (Wildman–Crippen LogP) is 4.92. The van der Waals surface area contributed by atoms with Crippen molar-refractivity contribution < 1.29 is 23.6 Å². The van der Waals surface area contributed by atoms with Crippen molar-refractivity contribution in [1.29, 1.82) is 0 Å². The molecule has 190 valence electrons. The van der Waals surface area contributed by atoms with Gasteiger partial charge in [-0.1, -0.05) is 5.16 Å². The second-order valence-corrected chi connectivity index (χ2v) is 11.8. The Morgan fingerprint density at radius 2 is 1.74 bits per heavy atom. The lowest BCUT2D eigenvalue weighted by molar-refractivity contribution is -0.0533. The van der Waals surface area contributed by atoms with Crippen LogP contribution in [0.4, 0.5) is 9.59 Å². The van der Waals surface area contributed by atoms with Crippen molar-refractivity contribution in [2.75, 3.05) is 13.7 Å². The van der Waals surface area contributed by atoms with E-state index in [0.29, 0.717) is 24.3 Å². The number of aromatic nitrogens is 2. The molecule has 4 bridgehead atoms. The molecule has 1 heterocycles. The van der Waals surface area contributed by atoms with Crippen LogP contribution in [-0.4, -0.2) is 41.6 Å². The van der Waals surface area contributed by atoms with Crippen molar-refractivity contribution in [3.8, 4) is 0 Å². The van der Waals surface area contributed by atoms with Gasteiger partial charge in [-0.15, -0.1) is 0 Å². The highest BCUT2D eigenvalue weighted by Crippen LogP contribution is 2.60. The summed E-state index contributed by atoms with van der Waals surface area (Å²) in [6.07, 6.45) is 10.1. The number of unbranched alkanes of at least 4 members (excludes halogenated alkanes) is 1. The summed E-state index contributed by atoms with van der Waals surface area (Å²) in [7, 11) is 1.34. The van der Waals surface area contributed by atoms with Crippen LogP contribution in [-0.2, 0) is 15.9 Å². The van der Waals surface area contributed by atoms with E-state index in [1.54, 1.807) is 0 Å². The maximum atomic E-state index is 11.9. The molecule has 0 aromatic carbocycles. The molecule has 5 rings (SSSR count). The first-order chi connectivity index (χ1) is 16.1. The van der Waals surface area contributed by atoms with Crippen molar-refractivity contribution >= 4 is 12.2 Å². The molecule has 9 heteroatoms. The van der Waals surface area contributed by atoms with E-state index < -0.39 is 23.8 Å². The minimum Gasteiger partial charge on any atom is -0.453 e. The third-order valence-electron chi connectivity index (χ3n) is 7.55. The van der Waals surface area contributed by atoms with Crippen LogP contribution >= 0.6 is 0 Å². The first-order valence-electron chi connectivity index (χ1n) is 12.8. The molecule has 0 saturated heterocycles. The molecule has 2 amide bonds. The van der Waals surface area contributed by atoms with Crippen LogP contribution < -0.4 is 10.6 Å². The summed E-state index contributed by atoms with van der Waals surface area (Å²) in [6, 6.07) is -0.424. The molecule has 0 radical (unpaired) electrons. The average molecular weight is 477 g/mol. The standard InChI is InChI=1S/C25H40N4O5/c1-24(2,3)33-22(30)26-8-6-5-7-19(27-23(31)32-4)21-28-20(29-34-21)15-25-12-16-9-17(13-25)11-18(10-16)14-25/h16-19H,5-15H2,1-4H3,(H,26,30)(H,27,31)/t16?,17?,18?,19-,25?/m0/s1. The largest absolute Gasteiger partial charge is 0.453 e. The number of nitrogens with one attached hydrogen (secondary N) is 2. The summed E-state index contributed by atoms with van der Waals surface area (Å²) in [5, 5.41) is 9.87. The normalized spacial score (nSPS) is 28.4. The quantitative estimate of drug-likeness (QED) is 0.486. The number of carbonyl (C=O) groups excluding carboxylic acids is 2. The summed E-state index contributed by atoms with van der Waals surface area (Å²) in [4.78, 5) is 28.4. The molecule has 1 aromatic heterocycles. The van der Waals surface area contributed by atoms with Crippen LogP contribution in [0, 0.1) is 23.2 Å². The van der Waals surface area contributed by atoms with Gasteiger partial charge in [0.25, 0.3) is 0 Å². The Kier molecular flexibility index (Phi) is 7.38. The zero-order chi connectivity index (χ0) is 24.3. The molecule has 2 N–H and O–H groups in total. The van der Waals surface area contributed by atoms with Gasteiger partial charge in [-0.2, -0.15) is 4.98 Å². The maximum absolute atomic E-state index is 11.9. The van der Waals surface area contributed by atoms with E-state index >= 15 is 0 Å². The Morgan fingerprint density at radius 1 is 1.09 bits per heavy atom. The molecule has 4 fully saturated rings. The van der Waals surface area contributed by atoms with E-state index in [1.807, 2.05) is 20.8 Å². The maximum Gasteiger partial charge on any atom is 0.407 e. The van der Waals surface area contributed by atoms with Crippen LogP contribution in [0.3, 0.4) is 0 Å². The predicted molar refractivity (Wildman–Crippen MR) is 125 cm³/mol. The van der Waals surface area contributed by atoms with Gasteiger partial charge in [0.1, 0.15) is 11.6 Å². The zero-order valence-electron chi connectivity index (χ0n) is 21.0. The summed E-state index contributed by atoms with van der Waals surface area (Å²) < 4.78 is 15.7. The van der Waals surface area contributed by atoms with Gasteiger partial charge in [-0.05, 0) is 102 Å². The lowest BCUT2D eigenvalue weighted by atomic mass is 9.49. The lowest BCUT2D eigenvalue weighted by Gasteiger charge is -2.56. The molecule has 1 aromatic rings. The fourth-order valence-electron chi connectivity index (χ4n) is 6.76. The van der Waals surface area contributed by atoms with Crippen molar-refractivity contribution in [2.24, 2.45) is 23.2 Å². The van der Waals surface area contributed by atoms with Crippen molar-refractivity contribution in [2.45, 2.75) is 96.6 Å². The molecule has 0 unspecified atom stereocenters. The molecule has 4 saturated carbocycles. The summed E-state index contributed by atoms with van der Waals surface area (Å²) in [5.41, 5.74) is -0.194. The van der Waals surface area contributed by atoms with E-state index in [1.165, 1.54) is 45.6 Å². The van der Waals surface area contributed by atoms with E-state index in [9.17, 15) is 9.59 Å². The number of ether oxygens (including phenoxy) is 2. The molecule has 0 spiro atoms. The topological polar surface area (TPSA) is 116 Å². The van der Waals surface area contributed by atoms with Gasteiger partial charge in [-0.25, -0.2) is 9.59 Å². The number of amides is 2. The minimum atomic E-state index is -0.530. The number of hydrogen-bond donors (Lipinski definition) is 2. The van der Waals surface area contributed by atoms with Crippen molar-refractivity contribution in [3.05, 3.63) is 11.7 Å². The van der Waals surface area contributed by atoms with E-state index in [4.69, 9.17) is 19.0 Å². The Labute approximate surface area is 202 Å². The molecule has 0 aliphatic heterocycles. The molecule has 34 heavy (non-hydrogen) atoms. The Balaban J connectivity index is 1.30. The second kappa shape index (κ2) is 10.1. The zero-order valence-corrected chi connectivity index (χ0v) is 21.0. The Hall–Kier alpha value is -2.32. The fourth-order valence-corrected chi connectivity index (χ4v) is 6.76. The number of alkyl carbamates (subject to hydrolysis) is 2. The highest BCUT2D eigenvalue weighted by molar-refractivity contribution is 5.67. The highest BCUT2D eigenvalue weighted by atomic mass is 16.6. The molecule has 1 atom stereocenters. The van der Waals surface area contributed by atoms with Gasteiger partial charge in [0.15, 0.2) is 5.82 Å². The second-order valence-electron chi connectivity index (χ2n) is 11.8. The van der Waals surface area contributed by atoms with Gasteiger partial charge in [0.2, 0.25) is 5.89 Å². The van der Waals surface area contributed by atoms with Crippen LogP contribution in [0.2, 0.25) is 0 Å². The van der Waals surface area contributed by atoms with Crippen LogP contribution in [0.5, 0.6) is 0 Å². The van der Waals surface area contributed by atoms with E-state index in [0.717, 1.165) is 42.8 Å². The monoisotopic (exact) mass is 476 g/mol. The highest BCUT2D eigenvalue weighted by Gasteiger charge is 2.51. The van der Waals surface area contributed by atoms with Crippen molar-refractivity contribution in [3.63, 3.8) is 0 Å². The van der Waals surface area contributed by atoms with Crippen LogP contribution in [0.15, 0.2) is 4.52 Å². The Morgan fingerprint density at radius 3 is 2.32 bits per heavy atom. The summed E-state index contributed by atoms with van der Waals surface area (Å²) >= 11 is 0. The minimum absolute atomic E-state index is 0.328. The van der Waals surface area contributed by atoms with E-state index in [-0.39, 0.29) is 0 Å². The third-order valence-corrected chi connectivity index (χ3v) is 7.55. The number of carbonyl (C=O) groups is 2. The first-order valence-corrected chi connectivity index (χ1v) is 12.8. The first kappa shape index (κ1) is 24.8. The van der Waals surface area contributed by atoms with Gasteiger partial charge in [-0.3, -0.25) is 0 Å². The number of hydrogen-bond acceptors (Lipinski definition) is 7. The van der Waals surface area contributed by atoms with Crippen molar-refractivity contribution in [1.82, 2.24) is 20.8 Å². The van der Waals surface area contributed by atoms with Gasteiger partial charge in [0.05, 0.1) is 7.11 Å². The third kappa shape index (κ3) is 6.42. The number of nitrogens with zero attached hydrogens (tertiary/aromatic N) is 2. The van der Waals surface area contributed by atoms with Gasteiger partial charge in [0, 0.05) is 13.0 Å². The van der Waals surface area contributed by atoms with E-state index in [2.05, 4.69) is 15.8 Å². The molecular formula is C25H40N4O5. The fraction of sp³-hybridized carbons (Fsp3) is 0.840. The van der Waals surface area contributed by atoms with Crippen LogP contribution in [0.1, 0.15) is 96.3 Å². The summed E-state index contributed by atoms with van der Waals surface area (Å²) in [6.45, 7) is 5.98. The van der Waals surface area contributed by atoms with Gasteiger partial charge < -0.3 is 24.6 Å².